The first-order valence-electron chi connectivity index (χ1n) is 8.66. The SMILES string of the molecule is CCn1c(CN2CCOCC2)nnc1SCC(=O)Nc1ccc(F)cc1F. The second-order valence-corrected chi connectivity index (χ2v) is 6.94. The molecular formula is C17H21F2N5O2S. The van der Waals surface area contributed by atoms with Crippen LogP contribution in [0.1, 0.15) is 12.7 Å². The number of morpholine rings is 1. The van der Waals surface area contributed by atoms with Crippen molar-refractivity contribution in [2.75, 3.05) is 37.4 Å². The molecule has 7 nitrogen and oxygen atoms in total. The maximum absolute atomic E-state index is 13.6. The highest BCUT2D eigenvalue weighted by atomic mass is 32.2. The zero-order chi connectivity index (χ0) is 19.2. The Kier molecular flexibility index (Phi) is 6.75. The highest BCUT2D eigenvalue weighted by molar-refractivity contribution is 7.99. The van der Waals surface area contributed by atoms with Crippen molar-refractivity contribution in [2.24, 2.45) is 0 Å². The number of amides is 1. The van der Waals surface area contributed by atoms with Crippen molar-refractivity contribution in [3.05, 3.63) is 35.7 Å². The van der Waals surface area contributed by atoms with Gasteiger partial charge < -0.3 is 14.6 Å². The fraction of sp³-hybridized carbons (Fsp3) is 0.471. The van der Waals surface area contributed by atoms with Gasteiger partial charge in [-0.15, -0.1) is 10.2 Å². The smallest absolute Gasteiger partial charge is 0.234 e. The van der Waals surface area contributed by atoms with E-state index in [2.05, 4.69) is 20.4 Å². The van der Waals surface area contributed by atoms with Crippen molar-refractivity contribution >= 4 is 23.4 Å². The normalized spacial score (nSPS) is 15.1. The largest absolute Gasteiger partial charge is 0.379 e. The van der Waals surface area contributed by atoms with Crippen LogP contribution >= 0.6 is 11.8 Å². The zero-order valence-electron chi connectivity index (χ0n) is 15.0. The molecule has 2 heterocycles. The molecular weight excluding hydrogens is 376 g/mol. The van der Waals surface area contributed by atoms with Gasteiger partial charge in [0.15, 0.2) is 5.16 Å². The molecule has 1 aromatic heterocycles. The lowest BCUT2D eigenvalue weighted by atomic mass is 10.3. The first kappa shape index (κ1) is 19.7. The Labute approximate surface area is 160 Å². The average molecular weight is 397 g/mol. The number of nitrogens with zero attached hydrogens (tertiary/aromatic N) is 4. The molecule has 1 amide bonds. The zero-order valence-corrected chi connectivity index (χ0v) is 15.8. The van der Waals surface area contributed by atoms with E-state index >= 15 is 0 Å². The molecule has 0 saturated carbocycles. The lowest BCUT2D eigenvalue weighted by Crippen LogP contribution is -2.36. The third-order valence-corrected chi connectivity index (χ3v) is 5.08. The summed E-state index contributed by atoms with van der Waals surface area (Å²) in [7, 11) is 0. The lowest BCUT2D eigenvalue weighted by Gasteiger charge is -2.26. The molecule has 27 heavy (non-hydrogen) atoms. The van der Waals surface area contributed by atoms with Gasteiger partial charge in [-0.2, -0.15) is 0 Å². The van der Waals surface area contributed by atoms with E-state index in [1.165, 1.54) is 17.8 Å². The first-order chi connectivity index (χ1) is 13.1. The van der Waals surface area contributed by atoms with Crippen LogP contribution in [0.15, 0.2) is 23.4 Å². The Morgan fingerprint density at radius 2 is 2.07 bits per heavy atom. The molecule has 1 fully saturated rings. The molecule has 1 aliphatic heterocycles. The van der Waals surface area contributed by atoms with Gasteiger partial charge in [0.1, 0.15) is 17.5 Å². The molecule has 146 valence electrons. The van der Waals surface area contributed by atoms with Gasteiger partial charge in [0, 0.05) is 25.7 Å². The minimum absolute atomic E-state index is 0.0481. The van der Waals surface area contributed by atoms with Crippen molar-refractivity contribution in [3.8, 4) is 0 Å². The van der Waals surface area contributed by atoms with Crippen LogP contribution in [0.4, 0.5) is 14.5 Å². The van der Waals surface area contributed by atoms with E-state index in [0.717, 1.165) is 31.0 Å². The molecule has 1 saturated heterocycles. The van der Waals surface area contributed by atoms with E-state index in [9.17, 15) is 13.6 Å². The molecule has 1 N–H and O–H groups in total. The molecule has 0 aliphatic carbocycles. The van der Waals surface area contributed by atoms with Crippen molar-refractivity contribution in [1.29, 1.82) is 0 Å². The number of carbonyl (C=O) groups excluding carboxylic acids is 1. The van der Waals surface area contributed by atoms with E-state index in [4.69, 9.17) is 4.74 Å². The maximum Gasteiger partial charge on any atom is 0.234 e. The van der Waals surface area contributed by atoms with Gasteiger partial charge in [-0.1, -0.05) is 11.8 Å². The molecule has 0 bridgehead atoms. The Morgan fingerprint density at radius 3 is 2.78 bits per heavy atom. The summed E-state index contributed by atoms with van der Waals surface area (Å²) in [5.74, 6) is -1.01. The fourth-order valence-electron chi connectivity index (χ4n) is 2.73. The molecule has 0 unspecified atom stereocenters. The topological polar surface area (TPSA) is 72.3 Å². The summed E-state index contributed by atoms with van der Waals surface area (Å²) < 4.78 is 33.9. The summed E-state index contributed by atoms with van der Waals surface area (Å²) in [5.41, 5.74) is -0.0491. The van der Waals surface area contributed by atoms with Crippen molar-refractivity contribution < 1.29 is 18.3 Å². The predicted molar refractivity (Wildman–Crippen MR) is 97.5 cm³/mol. The van der Waals surface area contributed by atoms with Crippen LogP contribution in [-0.4, -0.2) is 57.6 Å². The number of benzene rings is 1. The quantitative estimate of drug-likeness (QED) is 0.722. The number of halogens is 2. The standard InChI is InChI=1S/C17H21F2N5O2S/c1-2-24-15(10-23-5-7-26-8-6-23)21-22-17(24)27-11-16(25)20-14-4-3-12(18)9-13(14)19/h3-4,9H,2,5-8,10-11H2,1H3,(H,20,25). The van der Waals surface area contributed by atoms with E-state index in [1.54, 1.807) is 0 Å². The van der Waals surface area contributed by atoms with Crippen LogP contribution in [0, 0.1) is 11.6 Å². The maximum atomic E-state index is 13.6. The molecule has 10 heteroatoms. The van der Waals surface area contributed by atoms with Crippen LogP contribution in [0.5, 0.6) is 0 Å². The molecule has 1 aliphatic rings. The van der Waals surface area contributed by atoms with Crippen LogP contribution in [0.25, 0.3) is 0 Å². The Bertz CT molecular complexity index is 796. The van der Waals surface area contributed by atoms with Gasteiger partial charge in [-0.05, 0) is 19.1 Å². The highest BCUT2D eigenvalue weighted by Crippen LogP contribution is 2.20. The second-order valence-electron chi connectivity index (χ2n) is 5.99. The number of thioether (sulfide) groups is 1. The van der Waals surface area contributed by atoms with Gasteiger partial charge >= 0.3 is 0 Å². The van der Waals surface area contributed by atoms with Gasteiger partial charge in [0.05, 0.1) is 31.2 Å². The third kappa shape index (κ3) is 5.24. The number of nitrogens with one attached hydrogen (secondary N) is 1. The number of carbonyl (C=O) groups is 1. The molecule has 2 aromatic rings. The van der Waals surface area contributed by atoms with Gasteiger partial charge in [-0.3, -0.25) is 9.69 Å². The molecule has 0 spiro atoms. The summed E-state index contributed by atoms with van der Waals surface area (Å²) in [6.07, 6.45) is 0. The van der Waals surface area contributed by atoms with Crippen molar-refractivity contribution in [3.63, 3.8) is 0 Å². The number of hydrogen-bond donors (Lipinski definition) is 1. The Morgan fingerprint density at radius 1 is 1.30 bits per heavy atom. The molecule has 1 aromatic carbocycles. The Balaban J connectivity index is 1.57. The van der Waals surface area contributed by atoms with E-state index in [1.807, 2.05) is 11.5 Å². The molecule has 3 rings (SSSR count). The lowest BCUT2D eigenvalue weighted by molar-refractivity contribution is -0.113. The Hall–Kier alpha value is -2.04. The van der Waals surface area contributed by atoms with E-state index in [0.29, 0.717) is 31.5 Å². The number of hydrogen-bond acceptors (Lipinski definition) is 6. The average Bonchev–Trinajstić information content (AvgIpc) is 3.04. The number of aromatic nitrogens is 3. The minimum atomic E-state index is -0.808. The summed E-state index contributed by atoms with van der Waals surface area (Å²) in [6, 6.07) is 3.02. The highest BCUT2D eigenvalue weighted by Gasteiger charge is 2.18. The summed E-state index contributed by atoms with van der Waals surface area (Å²) in [5, 5.41) is 11.5. The minimum Gasteiger partial charge on any atom is -0.379 e. The monoisotopic (exact) mass is 397 g/mol. The van der Waals surface area contributed by atoms with Crippen LogP contribution in [0.3, 0.4) is 0 Å². The number of rotatable bonds is 7. The number of anilines is 1. The summed E-state index contributed by atoms with van der Waals surface area (Å²) >= 11 is 1.23. The van der Waals surface area contributed by atoms with Crippen LogP contribution in [-0.2, 0) is 22.6 Å². The molecule has 0 radical (unpaired) electrons. The van der Waals surface area contributed by atoms with Crippen LogP contribution < -0.4 is 5.32 Å². The predicted octanol–water partition coefficient (Wildman–Crippen LogP) is 2.14. The van der Waals surface area contributed by atoms with Crippen molar-refractivity contribution in [1.82, 2.24) is 19.7 Å². The fourth-order valence-corrected chi connectivity index (χ4v) is 3.55. The number of ether oxygens (including phenoxy) is 1. The van der Waals surface area contributed by atoms with E-state index in [-0.39, 0.29) is 11.4 Å². The third-order valence-electron chi connectivity index (χ3n) is 4.12. The van der Waals surface area contributed by atoms with Gasteiger partial charge in [0.2, 0.25) is 5.91 Å². The van der Waals surface area contributed by atoms with Crippen LogP contribution in [0.2, 0.25) is 0 Å². The summed E-state index contributed by atoms with van der Waals surface area (Å²) in [6.45, 7) is 6.48. The van der Waals surface area contributed by atoms with Gasteiger partial charge in [-0.25, -0.2) is 8.78 Å². The first-order valence-corrected chi connectivity index (χ1v) is 9.65. The van der Waals surface area contributed by atoms with Crippen molar-refractivity contribution in [2.45, 2.75) is 25.2 Å². The second kappa shape index (κ2) is 9.25. The van der Waals surface area contributed by atoms with E-state index < -0.39 is 17.5 Å². The van der Waals surface area contributed by atoms with Gasteiger partial charge in [0.25, 0.3) is 0 Å². The summed E-state index contributed by atoms with van der Waals surface area (Å²) in [4.78, 5) is 14.3. The molecule has 0 atom stereocenters.